The van der Waals surface area contributed by atoms with Crippen LogP contribution < -0.4 is 5.30 Å². The summed E-state index contributed by atoms with van der Waals surface area (Å²) in [5.74, 6) is -5.34. The van der Waals surface area contributed by atoms with E-state index >= 15 is 0 Å². The normalized spacial score (nSPS) is 18.9. The van der Waals surface area contributed by atoms with Crippen molar-refractivity contribution in [3.05, 3.63) is 42.2 Å². The molecule has 3 nitrogen and oxygen atoms in total. The van der Waals surface area contributed by atoms with Gasteiger partial charge in [0, 0.05) is 72.1 Å². The number of aliphatic hydroxyl groups is 1. The van der Waals surface area contributed by atoms with Crippen molar-refractivity contribution < 1.29 is 90.2 Å². The van der Waals surface area contributed by atoms with E-state index < -0.39 is 37.1 Å². The number of benzene rings is 1. The molecule has 2 fully saturated rings. The molecule has 0 heterocycles. The van der Waals surface area contributed by atoms with E-state index in [0.29, 0.717) is 11.3 Å². The van der Waals surface area contributed by atoms with Gasteiger partial charge in [0.2, 0.25) is 5.76 Å². The first kappa shape index (κ1) is 31.9. The van der Waals surface area contributed by atoms with E-state index in [2.05, 4.69) is 30.3 Å². The van der Waals surface area contributed by atoms with Crippen molar-refractivity contribution >= 4 is 18.2 Å². The molecule has 1 radical (unpaired) electrons. The van der Waals surface area contributed by atoms with Crippen molar-refractivity contribution in [2.45, 2.75) is 87.9 Å². The third-order valence-electron chi connectivity index (χ3n) is 6.23. The molecule has 193 valence electrons. The number of ketones is 1. The zero-order valence-corrected chi connectivity index (χ0v) is 21.9. The molecule has 11 heteroatoms. The fourth-order valence-corrected chi connectivity index (χ4v) is 8.94. The molecule has 2 saturated carbocycles. The first-order valence-corrected chi connectivity index (χ1v) is 13.0. The third kappa shape index (κ3) is 9.04. The molecule has 0 bridgehead atoms. The van der Waals surface area contributed by atoms with E-state index in [1.165, 1.54) is 69.5 Å². The summed E-state index contributed by atoms with van der Waals surface area (Å²) in [6.45, 7) is 0. The maximum absolute atomic E-state index is 14.1. The van der Waals surface area contributed by atoms with Crippen molar-refractivity contribution in [3.63, 3.8) is 0 Å². The van der Waals surface area contributed by atoms with Crippen molar-refractivity contribution in [3.8, 4) is 0 Å². The van der Waals surface area contributed by atoms with Gasteiger partial charge in [-0.1, -0.05) is 68.9 Å². The maximum atomic E-state index is 14.1. The van der Waals surface area contributed by atoms with E-state index in [4.69, 9.17) is 5.11 Å². The number of allylic oxidation sites excluding steroid dienone is 2. The van der Waals surface area contributed by atoms with Crippen LogP contribution in [0.3, 0.4) is 0 Å². The molecular formula is C23H29EuF6O3P. The van der Waals surface area contributed by atoms with Gasteiger partial charge in [-0.25, -0.2) is 0 Å². The van der Waals surface area contributed by atoms with E-state index in [0.717, 1.165) is 0 Å². The number of hydrogen-bond donors (Lipinski definition) is 1. The molecule has 0 aliphatic heterocycles. The maximum Gasteiger partial charge on any atom is 0.454 e. The van der Waals surface area contributed by atoms with E-state index in [9.17, 15) is 35.7 Å². The Balaban J connectivity index is 0.000000364. The third-order valence-corrected chi connectivity index (χ3v) is 10.5. The van der Waals surface area contributed by atoms with Gasteiger partial charge in [-0.05, 0) is 25.7 Å². The van der Waals surface area contributed by atoms with Gasteiger partial charge in [0.15, 0.2) is 0 Å². The second-order valence-corrected chi connectivity index (χ2v) is 11.9. The summed E-state index contributed by atoms with van der Waals surface area (Å²) in [6.07, 6.45) is 0.938. The number of aliphatic hydroxyl groups excluding tert-OH is 1. The van der Waals surface area contributed by atoms with Crippen LogP contribution >= 0.6 is 7.14 Å². The van der Waals surface area contributed by atoms with Gasteiger partial charge >= 0.3 is 12.4 Å². The summed E-state index contributed by atoms with van der Waals surface area (Å²) >= 11 is 0. The Morgan fingerprint density at radius 2 is 1.21 bits per heavy atom. The number of alkyl halides is 6. The molecule has 1 aromatic rings. The standard InChI is InChI=1S/C18H27OP.C5H2F6O2.Eu/c19-20(16-10-4-1-5-11-16,17-12-6-2-7-13-17)18-14-8-3-9-15-18;6-4(7,8)2(12)1-3(13)5(9,10)11;/h1,4-5,10-11,17-18H,2-3,6-9,12-15H2;1,12H;/b;2-1-;. The average molecular weight is 650 g/mol. The first-order chi connectivity index (χ1) is 15.4. The second kappa shape index (κ2) is 13.9. The Bertz CT molecular complexity index is 821. The number of carbonyl (C=O) groups is 1. The van der Waals surface area contributed by atoms with Gasteiger partial charge in [0.05, 0.1) is 0 Å². The number of hydrogen-bond acceptors (Lipinski definition) is 3. The van der Waals surface area contributed by atoms with Crippen LogP contribution in [0.2, 0.25) is 0 Å². The van der Waals surface area contributed by atoms with Crippen molar-refractivity contribution in [1.82, 2.24) is 0 Å². The van der Waals surface area contributed by atoms with Crippen LogP contribution in [0.5, 0.6) is 0 Å². The van der Waals surface area contributed by atoms with Crippen LogP contribution in [0.4, 0.5) is 26.3 Å². The molecule has 0 unspecified atom stereocenters. The van der Waals surface area contributed by atoms with Crippen LogP contribution in [0.1, 0.15) is 64.2 Å². The Morgan fingerprint density at radius 1 is 0.794 bits per heavy atom. The summed E-state index contributed by atoms with van der Waals surface area (Å²) < 4.78 is 82.2. The SMILES string of the molecule is O=C(/C=C(\O)C(F)(F)F)C(F)(F)F.O=P(c1ccccc1)(C1CCCCC1)C1CCCCC1.[Eu]. The fraction of sp³-hybridized carbons (Fsp3) is 0.609. The van der Waals surface area contributed by atoms with E-state index in [1.54, 1.807) is 0 Å². The van der Waals surface area contributed by atoms with E-state index in [1.807, 2.05) is 0 Å². The Kier molecular flexibility index (Phi) is 13.1. The largest absolute Gasteiger partial charge is 0.504 e. The predicted molar refractivity (Wildman–Crippen MR) is 115 cm³/mol. The molecule has 0 spiro atoms. The van der Waals surface area contributed by atoms with Gasteiger partial charge in [0.25, 0.3) is 5.78 Å². The number of halogens is 6. The molecule has 0 saturated heterocycles. The first-order valence-electron chi connectivity index (χ1n) is 11.1. The molecule has 34 heavy (non-hydrogen) atoms. The zero-order valence-electron chi connectivity index (χ0n) is 18.5. The number of rotatable bonds is 4. The topological polar surface area (TPSA) is 54.4 Å². The summed E-state index contributed by atoms with van der Waals surface area (Å²) in [6, 6.07) is 10.5. The van der Waals surface area contributed by atoms with Crippen LogP contribution in [-0.4, -0.2) is 34.6 Å². The van der Waals surface area contributed by atoms with Crippen molar-refractivity contribution in [1.29, 1.82) is 0 Å². The van der Waals surface area contributed by atoms with E-state index in [-0.39, 0.29) is 49.4 Å². The monoisotopic (exact) mass is 651 g/mol. The summed E-state index contributed by atoms with van der Waals surface area (Å²) in [5.41, 5.74) is 0.948. The molecule has 2 aliphatic rings. The molecule has 0 aromatic heterocycles. The van der Waals surface area contributed by atoms with Crippen LogP contribution in [0, 0.1) is 49.4 Å². The quantitative estimate of drug-likeness (QED) is 0.159. The van der Waals surface area contributed by atoms with Gasteiger partial charge in [-0.3, -0.25) is 4.79 Å². The minimum Gasteiger partial charge on any atom is -0.504 e. The number of carbonyl (C=O) groups excluding carboxylic acids is 1. The predicted octanol–water partition coefficient (Wildman–Crippen LogP) is 7.46. The van der Waals surface area contributed by atoms with Gasteiger partial charge in [0.1, 0.15) is 7.14 Å². The van der Waals surface area contributed by atoms with Crippen LogP contribution in [0.15, 0.2) is 42.2 Å². The molecule has 0 amide bonds. The summed E-state index contributed by atoms with van der Waals surface area (Å²) in [5, 5.41) is 9.11. The molecule has 2 aliphatic carbocycles. The molecular weight excluding hydrogens is 621 g/mol. The molecule has 0 atom stereocenters. The second-order valence-electron chi connectivity index (χ2n) is 8.52. The average Bonchev–Trinajstić information content (AvgIpc) is 2.79. The van der Waals surface area contributed by atoms with Crippen molar-refractivity contribution in [2.75, 3.05) is 0 Å². The minimum atomic E-state index is -5.42. The Morgan fingerprint density at radius 3 is 1.56 bits per heavy atom. The van der Waals surface area contributed by atoms with Gasteiger partial charge in [-0.2, -0.15) is 26.3 Å². The van der Waals surface area contributed by atoms with Gasteiger partial charge < -0.3 is 9.67 Å². The smallest absolute Gasteiger partial charge is 0.454 e. The Hall–Kier alpha value is -0.176. The summed E-state index contributed by atoms with van der Waals surface area (Å²) in [7, 11) is -2.22. The minimum absolute atomic E-state index is 0. The Labute approximate surface area is 236 Å². The molecule has 3 rings (SSSR count). The summed E-state index contributed by atoms with van der Waals surface area (Å²) in [4.78, 5) is 9.86. The van der Waals surface area contributed by atoms with Crippen LogP contribution in [-0.2, 0) is 9.36 Å². The molecule has 1 aromatic carbocycles. The fourth-order valence-electron chi connectivity index (χ4n) is 4.60. The van der Waals surface area contributed by atoms with Crippen molar-refractivity contribution in [2.24, 2.45) is 0 Å². The van der Waals surface area contributed by atoms with Gasteiger partial charge in [-0.15, -0.1) is 0 Å². The zero-order chi connectivity index (χ0) is 24.7. The molecule has 1 N–H and O–H groups in total. The van der Waals surface area contributed by atoms with Crippen LogP contribution in [0.25, 0.3) is 0 Å².